The zero-order valence-electron chi connectivity index (χ0n) is 9.89. The number of hydrogen-bond donors (Lipinski definition) is 1. The fourth-order valence-electron chi connectivity index (χ4n) is 1.79. The monoisotopic (exact) mass is 289 g/mol. The molecule has 3 aromatic rings. The summed E-state index contributed by atoms with van der Waals surface area (Å²) in [6, 6.07) is 6.04. The van der Waals surface area contributed by atoms with Gasteiger partial charge in [0.15, 0.2) is 4.96 Å². The first-order chi connectivity index (χ1) is 9.54. The van der Waals surface area contributed by atoms with Crippen LogP contribution in [-0.4, -0.2) is 25.4 Å². The molecule has 0 atom stereocenters. The zero-order valence-corrected chi connectivity index (χ0v) is 10.7. The molecule has 0 spiro atoms. The number of carboxylic acid groups (broad SMARTS) is 1. The van der Waals surface area contributed by atoms with Gasteiger partial charge in [0.1, 0.15) is 4.88 Å². The Bertz CT molecular complexity index is 787. The van der Waals surface area contributed by atoms with E-state index in [4.69, 9.17) is 5.11 Å². The van der Waals surface area contributed by atoms with Crippen molar-refractivity contribution < 1.29 is 14.8 Å². The molecule has 0 radical (unpaired) electrons. The van der Waals surface area contributed by atoms with Crippen LogP contribution in [0.4, 0.5) is 5.69 Å². The smallest absolute Gasteiger partial charge is 0.347 e. The van der Waals surface area contributed by atoms with E-state index >= 15 is 0 Å². The molecule has 0 aliphatic heterocycles. The van der Waals surface area contributed by atoms with Crippen molar-refractivity contribution in [2.75, 3.05) is 0 Å². The van der Waals surface area contributed by atoms with Gasteiger partial charge in [-0.15, -0.1) is 0 Å². The molecule has 3 rings (SSSR count). The number of thiazole rings is 1. The van der Waals surface area contributed by atoms with Crippen LogP contribution in [0.3, 0.4) is 0 Å². The number of hydrogen-bond acceptors (Lipinski definition) is 5. The van der Waals surface area contributed by atoms with E-state index in [1.165, 1.54) is 18.3 Å². The van der Waals surface area contributed by atoms with E-state index < -0.39 is 10.9 Å². The minimum absolute atomic E-state index is 0.0166. The van der Waals surface area contributed by atoms with E-state index in [1.807, 2.05) is 0 Å². The van der Waals surface area contributed by atoms with E-state index in [9.17, 15) is 14.9 Å². The number of nitro groups is 1. The summed E-state index contributed by atoms with van der Waals surface area (Å²) in [7, 11) is 0. The topological polar surface area (TPSA) is 97.7 Å². The second-order valence-electron chi connectivity index (χ2n) is 4.02. The predicted octanol–water partition coefficient (Wildman–Crippen LogP) is 2.67. The summed E-state index contributed by atoms with van der Waals surface area (Å²) in [4.78, 5) is 26.0. The zero-order chi connectivity index (χ0) is 14.3. The Balaban J connectivity index is 1.99. The summed E-state index contributed by atoms with van der Waals surface area (Å²) in [5.74, 6) is -0.989. The fourth-order valence-corrected chi connectivity index (χ4v) is 2.59. The molecular formula is C12H7N3O4S. The molecule has 8 heteroatoms. The molecule has 20 heavy (non-hydrogen) atoms. The Kier molecular flexibility index (Phi) is 2.72. The van der Waals surface area contributed by atoms with Crippen LogP contribution in [0.15, 0.2) is 36.7 Å². The van der Waals surface area contributed by atoms with Crippen molar-refractivity contribution in [2.24, 2.45) is 0 Å². The third-order valence-electron chi connectivity index (χ3n) is 2.74. The molecule has 100 valence electrons. The van der Waals surface area contributed by atoms with Gasteiger partial charge in [-0.3, -0.25) is 14.5 Å². The first-order valence-electron chi connectivity index (χ1n) is 5.51. The lowest BCUT2D eigenvalue weighted by Gasteiger charge is -1.95. The van der Waals surface area contributed by atoms with Crippen molar-refractivity contribution in [3.63, 3.8) is 0 Å². The number of carbonyl (C=O) groups is 1. The Hall–Kier alpha value is -2.74. The van der Waals surface area contributed by atoms with Crippen LogP contribution < -0.4 is 0 Å². The lowest BCUT2D eigenvalue weighted by atomic mass is 10.1. The van der Waals surface area contributed by atoms with Gasteiger partial charge < -0.3 is 5.11 Å². The number of fused-ring (bicyclic) bond motifs is 1. The van der Waals surface area contributed by atoms with Gasteiger partial charge in [0.25, 0.3) is 5.69 Å². The number of non-ortho nitro benzene ring substituents is 1. The third kappa shape index (κ3) is 2.01. The molecule has 0 aliphatic carbocycles. The number of nitrogens with zero attached hydrogens (tertiary/aromatic N) is 3. The van der Waals surface area contributed by atoms with Crippen LogP contribution in [0.2, 0.25) is 0 Å². The minimum Gasteiger partial charge on any atom is -0.477 e. The molecule has 7 nitrogen and oxygen atoms in total. The molecule has 1 aromatic carbocycles. The van der Waals surface area contributed by atoms with Crippen LogP contribution >= 0.6 is 11.3 Å². The number of aromatic nitrogens is 2. The van der Waals surface area contributed by atoms with Crippen LogP contribution in [0.25, 0.3) is 16.2 Å². The largest absolute Gasteiger partial charge is 0.477 e. The molecule has 1 N–H and O–H groups in total. The highest BCUT2D eigenvalue weighted by molar-refractivity contribution is 7.18. The van der Waals surface area contributed by atoms with E-state index in [1.54, 1.807) is 22.7 Å². The quantitative estimate of drug-likeness (QED) is 0.590. The van der Waals surface area contributed by atoms with Crippen molar-refractivity contribution in [2.45, 2.75) is 0 Å². The predicted molar refractivity (Wildman–Crippen MR) is 72.1 cm³/mol. The third-order valence-corrected chi connectivity index (χ3v) is 3.73. The molecule has 0 bridgehead atoms. The second kappa shape index (κ2) is 4.42. The van der Waals surface area contributed by atoms with E-state index in [-0.39, 0.29) is 10.6 Å². The molecule has 0 unspecified atom stereocenters. The summed E-state index contributed by atoms with van der Waals surface area (Å²) < 4.78 is 1.63. The van der Waals surface area contributed by atoms with Gasteiger partial charge in [0, 0.05) is 30.1 Å². The van der Waals surface area contributed by atoms with Crippen molar-refractivity contribution >= 4 is 28.0 Å². The summed E-state index contributed by atoms with van der Waals surface area (Å²) in [5.41, 5.74) is 1.40. The molecule has 0 saturated heterocycles. The van der Waals surface area contributed by atoms with Gasteiger partial charge >= 0.3 is 5.97 Å². The van der Waals surface area contributed by atoms with Crippen LogP contribution in [0.1, 0.15) is 9.67 Å². The standard InChI is InChI=1S/C12H7N3O4S/c16-11(17)10-6-14-5-9(13-12(14)20-10)7-1-3-8(4-2-7)15(18)19/h1-6H,(H,16,17). The summed E-state index contributed by atoms with van der Waals surface area (Å²) in [5, 5.41) is 19.5. The number of rotatable bonds is 3. The average Bonchev–Trinajstić information content (AvgIpc) is 2.96. The van der Waals surface area contributed by atoms with Gasteiger partial charge in [-0.1, -0.05) is 11.3 Å². The average molecular weight is 289 g/mol. The highest BCUT2D eigenvalue weighted by atomic mass is 32.1. The molecule has 2 aromatic heterocycles. The van der Waals surface area contributed by atoms with Crippen molar-refractivity contribution in [3.8, 4) is 11.3 Å². The van der Waals surface area contributed by atoms with Crippen molar-refractivity contribution in [1.82, 2.24) is 9.38 Å². The Morgan fingerprint density at radius 3 is 2.55 bits per heavy atom. The number of benzene rings is 1. The highest BCUT2D eigenvalue weighted by Gasteiger charge is 2.13. The van der Waals surface area contributed by atoms with E-state index in [2.05, 4.69) is 4.98 Å². The number of carboxylic acids is 1. The summed E-state index contributed by atoms with van der Waals surface area (Å²) in [6.07, 6.45) is 3.18. The minimum atomic E-state index is -0.989. The van der Waals surface area contributed by atoms with E-state index in [0.29, 0.717) is 10.7 Å². The summed E-state index contributed by atoms with van der Waals surface area (Å²) >= 11 is 1.07. The first-order valence-corrected chi connectivity index (χ1v) is 6.33. The van der Waals surface area contributed by atoms with Gasteiger partial charge in [-0.2, -0.15) is 0 Å². The Morgan fingerprint density at radius 1 is 1.30 bits per heavy atom. The van der Waals surface area contributed by atoms with Gasteiger partial charge in [0.2, 0.25) is 0 Å². The molecule has 0 amide bonds. The number of aromatic carboxylic acids is 1. The second-order valence-corrected chi connectivity index (χ2v) is 5.03. The number of imidazole rings is 1. The lowest BCUT2D eigenvalue weighted by molar-refractivity contribution is -0.384. The molecular weight excluding hydrogens is 282 g/mol. The number of nitro benzene ring substituents is 1. The van der Waals surface area contributed by atoms with Gasteiger partial charge in [0.05, 0.1) is 10.6 Å². The first kappa shape index (κ1) is 12.3. The van der Waals surface area contributed by atoms with Gasteiger partial charge in [-0.05, 0) is 12.1 Å². The fraction of sp³-hybridized carbons (Fsp3) is 0. The van der Waals surface area contributed by atoms with E-state index in [0.717, 1.165) is 16.9 Å². The summed E-state index contributed by atoms with van der Waals surface area (Å²) in [6.45, 7) is 0. The normalized spacial score (nSPS) is 10.8. The van der Waals surface area contributed by atoms with Gasteiger partial charge in [-0.25, -0.2) is 9.78 Å². The lowest BCUT2D eigenvalue weighted by Crippen LogP contribution is -1.90. The van der Waals surface area contributed by atoms with Crippen LogP contribution in [0, 0.1) is 10.1 Å². The SMILES string of the molecule is O=C(O)c1cn2cc(-c3ccc([N+](=O)[O-])cc3)nc2s1. The van der Waals surface area contributed by atoms with Crippen LogP contribution in [-0.2, 0) is 0 Å². The Labute approximate surface area is 115 Å². The van der Waals surface area contributed by atoms with Crippen LogP contribution in [0.5, 0.6) is 0 Å². The molecule has 0 fully saturated rings. The molecule has 0 aliphatic rings. The molecule has 0 saturated carbocycles. The highest BCUT2D eigenvalue weighted by Crippen LogP contribution is 2.25. The van der Waals surface area contributed by atoms with Crippen molar-refractivity contribution in [3.05, 3.63) is 51.7 Å². The maximum Gasteiger partial charge on any atom is 0.347 e. The maximum atomic E-state index is 10.8. The molecule has 2 heterocycles. The Morgan fingerprint density at radius 2 is 2.00 bits per heavy atom. The van der Waals surface area contributed by atoms with Crippen molar-refractivity contribution in [1.29, 1.82) is 0 Å². The maximum absolute atomic E-state index is 10.8.